The van der Waals surface area contributed by atoms with Crippen molar-refractivity contribution in [3.05, 3.63) is 23.8 Å². The Morgan fingerprint density at radius 2 is 1.95 bits per heavy atom. The Morgan fingerprint density at radius 3 is 2.32 bits per heavy atom. The maximum absolute atomic E-state index is 9.53. The Bertz CT molecular complexity index is 311. The molecule has 0 aromatic carbocycles. The van der Waals surface area contributed by atoms with Crippen molar-refractivity contribution in [1.82, 2.24) is 4.90 Å². The highest BCUT2D eigenvalue weighted by Gasteiger charge is 2.18. The molecule has 0 heterocycles. The van der Waals surface area contributed by atoms with E-state index < -0.39 is 0 Å². The molecule has 1 rings (SSSR count). The highest BCUT2D eigenvalue weighted by Crippen LogP contribution is 2.28. The molecule has 3 nitrogen and oxygen atoms in total. The molecule has 0 radical (unpaired) electrons. The summed E-state index contributed by atoms with van der Waals surface area (Å²) >= 11 is 0. The van der Waals surface area contributed by atoms with Crippen LogP contribution in [0, 0.1) is 5.92 Å². The molecule has 19 heavy (non-hydrogen) atoms. The Kier molecular flexibility index (Phi) is 6.76. The zero-order valence-electron chi connectivity index (χ0n) is 12.6. The average molecular weight is 267 g/mol. The maximum atomic E-state index is 9.53. The van der Waals surface area contributed by atoms with Crippen molar-refractivity contribution in [3.63, 3.8) is 0 Å². The lowest BCUT2D eigenvalue weighted by molar-refractivity contribution is 0.0884. The Labute approximate surface area is 117 Å². The minimum absolute atomic E-state index is 0.355. The summed E-state index contributed by atoms with van der Waals surface area (Å²) in [6, 6.07) is 0. The van der Waals surface area contributed by atoms with Crippen LogP contribution in [0.4, 0.5) is 0 Å². The van der Waals surface area contributed by atoms with Crippen molar-refractivity contribution in [2.24, 2.45) is 5.92 Å². The van der Waals surface area contributed by atoms with Gasteiger partial charge in [-0.2, -0.15) is 0 Å². The van der Waals surface area contributed by atoms with E-state index in [-0.39, 0.29) is 12.2 Å². The van der Waals surface area contributed by atoms with Crippen LogP contribution >= 0.6 is 0 Å². The van der Waals surface area contributed by atoms with E-state index >= 15 is 0 Å². The molecule has 0 fully saturated rings. The molecule has 0 spiro atoms. The Hall–Kier alpha value is -0.640. The van der Waals surface area contributed by atoms with Gasteiger partial charge in [0.2, 0.25) is 0 Å². The number of aliphatic hydroxyl groups is 2. The van der Waals surface area contributed by atoms with Crippen LogP contribution in [0.5, 0.6) is 0 Å². The number of hydrogen-bond acceptors (Lipinski definition) is 3. The number of nitrogens with zero attached hydrogens (tertiary/aromatic N) is 1. The lowest BCUT2D eigenvalue weighted by atomic mass is 9.85. The first-order valence-electron chi connectivity index (χ1n) is 7.30. The fourth-order valence-electron chi connectivity index (χ4n) is 2.72. The van der Waals surface area contributed by atoms with Crippen LogP contribution in [0.1, 0.15) is 40.0 Å². The van der Waals surface area contributed by atoms with E-state index in [0.29, 0.717) is 19.0 Å². The van der Waals surface area contributed by atoms with Gasteiger partial charge in [-0.15, -0.1) is 0 Å². The first kappa shape index (κ1) is 16.4. The first-order valence-corrected chi connectivity index (χ1v) is 7.30. The third kappa shape index (κ3) is 6.37. The number of aliphatic hydroxyl groups excluding tert-OH is 2. The molecule has 0 bridgehead atoms. The Morgan fingerprint density at radius 1 is 1.37 bits per heavy atom. The zero-order chi connectivity index (χ0) is 14.4. The molecular weight excluding hydrogens is 238 g/mol. The minimum Gasteiger partial charge on any atom is -0.392 e. The highest BCUT2D eigenvalue weighted by molar-refractivity contribution is 5.13. The van der Waals surface area contributed by atoms with Crippen LogP contribution in [-0.2, 0) is 0 Å². The van der Waals surface area contributed by atoms with E-state index in [1.807, 2.05) is 0 Å². The van der Waals surface area contributed by atoms with Crippen molar-refractivity contribution in [3.8, 4) is 0 Å². The minimum atomic E-state index is -0.355. The number of rotatable bonds is 7. The predicted molar refractivity (Wildman–Crippen MR) is 80.0 cm³/mol. The van der Waals surface area contributed by atoms with Gasteiger partial charge < -0.3 is 10.2 Å². The summed E-state index contributed by atoms with van der Waals surface area (Å²) in [4.78, 5) is 2.14. The summed E-state index contributed by atoms with van der Waals surface area (Å²) in [7, 11) is 0. The highest BCUT2D eigenvalue weighted by atomic mass is 16.3. The topological polar surface area (TPSA) is 43.7 Å². The summed E-state index contributed by atoms with van der Waals surface area (Å²) < 4.78 is 0. The van der Waals surface area contributed by atoms with Gasteiger partial charge in [0.25, 0.3) is 0 Å². The SMILES string of the molecule is C=C(C)C1CC=C(CN(CC(C)O)CC(C)O)CC1. The molecule has 0 saturated heterocycles. The van der Waals surface area contributed by atoms with E-state index in [1.54, 1.807) is 13.8 Å². The molecule has 1 aliphatic carbocycles. The normalized spacial score (nSPS) is 23.1. The van der Waals surface area contributed by atoms with Crippen LogP contribution in [0.3, 0.4) is 0 Å². The lowest BCUT2D eigenvalue weighted by Gasteiger charge is -2.29. The van der Waals surface area contributed by atoms with Crippen LogP contribution < -0.4 is 0 Å². The number of allylic oxidation sites excluding steroid dienone is 2. The van der Waals surface area contributed by atoms with Gasteiger partial charge in [-0.05, 0) is 46.0 Å². The van der Waals surface area contributed by atoms with Gasteiger partial charge in [-0.25, -0.2) is 0 Å². The van der Waals surface area contributed by atoms with Gasteiger partial charge in [-0.1, -0.05) is 23.8 Å². The molecule has 3 atom stereocenters. The second kappa shape index (κ2) is 7.83. The quantitative estimate of drug-likeness (QED) is 0.696. The summed E-state index contributed by atoms with van der Waals surface area (Å²) in [5.41, 5.74) is 2.71. The van der Waals surface area contributed by atoms with Crippen molar-refractivity contribution in [1.29, 1.82) is 0 Å². The van der Waals surface area contributed by atoms with Crippen molar-refractivity contribution < 1.29 is 10.2 Å². The first-order chi connectivity index (χ1) is 8.88. The maximum Gasteiger partial charge on any atom is 0.0639 e. The van der Waals surface area contributed by atoms with E-state index in [1.165, 1.54) is 17.6 Å². The smallest absolute Gasteiger partial charge is 0.0639 e. The fraction of sp³-hybridized carbons (Fsp3) is 0.750. The van der Waals surface area contributed by atoms with Crippen molar-refractivity contribution in [2.75, 3.05) is 19.6 Å². The third-order valence-corrected chi connectivity index (χ3v) is 3.67. The van der Waals surface area contributed by atoms with Gasteiger partial charge >= 0.3 is 0 Å². The second-order valence-corrected chi connectivity index (χ2v) is 6.07. The molecule has 110 valence electrons. The average Bonchev–Trinajstić information content (AvgIpc) is 2.27. The summed E-state index contributed by atoms with van der Waals surface area (Å²) in [6.07, 6.45) is 4.98. The zero-order valence-corrected chi connectivity index (χ0v) is 12.6. The van der Waals surface area contributed by atoms with Crippen LogP contribution in [-0.4, -0.2) is 47.0 Å². The molecular formula is C16H29NO2. The van der Waals surface area contributed by atoms with Crippen LogP contribution in [0.2, 0.25) is 0 Å². The van der Waals surface area contributed by atoms with Crippen LogP contribution in [0.15, 0.2) is 23.8 Å². The summed E-state index contributed by atoms with van der Waals surface area (Å²) in [5, 5.41) is 19.1. The molecule has 0 aliphatic heterocycles. The molecule has 0 aromatic rings. The van der Waals surface area contributed by atoms with Crippen molar-refractivity contribution >= 4 is 0 Å². The van der Waals surface area contributed by atoms with Gasteiger partial charge in [0.15, 0.2) is 0 Å². The second-order valence-electron chi connectivity index (χ2n) is 6.07. The largest absolute Gasteiger partial charge is 0.392 e. The van der Waals surface area contributed by atoms with Crippen LogP contribution in [0.25, 0.3) is 0 Å². The Balaban J connectivity index is 2.52. The molecule has 2 N–H and O–H groups in total. The van der Waals surface area contributed by atoms with Crippen molar-refractivity contribution in [2.45, 2.75) is 52.2 Å². The van der Waals surface area contributed by atoms with Gasteiger partial charge in [0, 0.05) is 19.6 Å². The fourth-order valence-corrected chi connectivity index (χ4v) is 2.72. The molecule has 1 aliphatic rings. The third-order valence-electron chi connectivity index (χ3n) is 3.67. The van der Waals surface area contributed by atoms with Gasteiger partial charge in [0.05, 0.1) is 12.2 Å². The molecule has 0 amide bonds. The molecule has 0 aromatic heterocycles. The van der Waals surface area contributed by atoms with E-state index in [0.717, 1.165) is 19.4 Å². The molecule has 0 saturated carbocycles. The molecule has 3 heteroatoms. The molecule has 3 unspecified atom stereocenters. The van der Waals surface area contributed by atoms with Gasteiger partial charge in [-0.3, -0.25) is 4.90 Å². The predicted octanol–water partition coefficient (Wildman–Crippen LogP) is 2.35. The summed E-state index contributed by atoms with van der Waals surface area (Å²) in [5.74, 6) is 0.630. The monoisotopic (exact) mass is 267 g/mol. The standard InChI is InChI=1S/C16H29NO2/c1-12(2)16-7-5-15(6-8-16)11-17(9-13(3)18)10-14(4)19/h5,13-14,16,18-19H,1,6-11H2,2-4H3. The van der Waals surface area contributed by atoms with E-state index in [9.17, 15) is 10.2 Å². The number of hydrogen-bond donors (Lipinski definition) is 2. The van der Waals surface area contributed by atoms with E-state index in [2.05, 4.69) is 24.5 Å². The van der Waals surface area contributed by atoms with E-state index in [4.69, 9.17) is 0 Å². The summed E-state index contributed by atoms with van der Waals surface area (Å²) in [6.45, 7) is 11.8. The lowest BCUT2D eigenvalue weighted by Crippen LogP contribution is -2.37. The van der Waals surface area contributed by atoms with Gasteiger partial charge in [0.1, 0.15) is 0 Å².